The minimum absolute atomic E-state index is 0. The van der Waals surface area contributed by atoms with Crippen molar-refractivity contribution in [3.05, 3.63) is 59.7 Å². The molecule has 0 bridgehead atoms. The van der Waals surface area contributed by atoms with Gasteiger partial charge in [-0.1, -0.05) is 36.4 Å². The monoisotopic (exact) mass is 325 g/mol. The fourth-order valence-electron chi connectivity index (χ4n) is 2.36. The maximum Gasteiger partial charge on any atom is 1.00 e. The standard InChI is InChI=1S/C17H19NO4.Na.H/c1-11(14-8-7-13(19)10-16(14)20)18-15(17(21)22)9-12-5-3-2-4-6-12;;/h2-8,10-11,15,18-20H,9H2,1H3,(H,21,22);;/q;+1;-1. The van der Waals surface area contributed by atoms with E-state index in [2.05, 4.69) is 5.32 Å². The van der Waals surface area contributed by atoms with E-state index < -0.39 is 12.0 Å². The van der Waals surface area contributed by atoms with Gasteiger partial charge in [0, 0.05) is 17.7 Å². The number of carboxylic acids is 1. The van der Waals surface area contributed by atoms with Crippen LogP contribution in [0.3, 0.4) is 0 Å². The Bertz CT molecular complexity index is 654. The first-order valence-electron chi connectivity index (χ1n) is 7.02. The predicted molar refractivity (Wildman–Crippen MR) is 84.0 cm³/mol. The summed E-state index contributed by atoms with van der Waals surface area (Å²) in [4.78, 5) is 11.4. The quantitative estimate of drug-likeness (QED) is 0.541. The second-order valence-electron chi connectivity index (χ2n) is 5.21. The van der Waals surface area contributed by atoms with Crippen LogP contribution in [0.25, 0.3) is 0 Å². The molecule has 2 aromatic carbocycles. The van der Waals surface area contributed by atoms with Gasteiger partial charge in [0.2, 0.25) is 0 Å². The Balaban J connectivity index is 0.00000264. The summed E-state index contributed by atoms with van der Waals surface area (Å²) in [5.41, 5.74) is 1.46. The third-order valence-electron chi connectivity index (χ3n) is 3.51. The van der Waals surface area contributed by atoms with Crippen LogP contribution < -0.4 is 34.9 Å². The number of hydrogen-bond donors (Lipinski definition) is 4. The Labute approximate surface area is 158 Å². The van der Waals surface area contributed by atoms with Crippen LogP contribution in [-0.2, 0) is 11.2 Å². The first kappa shape index (κ1) is 19.5. The third-order valence-corrected chi connectivity index (χ3v) is 3.51. The topological polar surface area (TPSA) is 89.8 Å². The van der Waals surface area contributed by atoms with Crippen LogP contribution in [0.4, 0.5) is 0 Å². The number of aliphatic carboxylic acids is 1. The Kier molecular flexibility index (Phi) is 7.58. The first-order chi connectivity index (χ1) is 10.5. The number of carbonyl (C=O) groups is 1. The molecule has 0 amide bonds. The molecule has 0 saturated heterocycles. The normalized spacial score (nSPS) is 12.9. The SMILES string of the molecule is CC(NC(Cc1ccccc1)C(=O)O)c1ccc(O)cc1O.[H-].[Na+]. The molecule has 2 unspecified atom stereocenters. The first-order valence-corrected chi connectivity index (χ1v) is 7.02. The third kappa shape index (κ3) is 5.55. The fourth-order valence-corrected chi connectivity index (χ4v) is 2.36. The number of hydrogen-bond acceptors (Lipinski definition) is 4. The minimum Gasteiger partial charge on any atom is -1.00 e. The van der Waals surface area contributed by atoms with E-state index in [-0.39, 0.29) is 48.5 Å². The van der Waals surface area contributed by atoms with Crippen molar-refractivity contribution in [3.8, 4) is 11.5 Å². The summed E-state index contributed by atoms with van der Waals surface area (Å²) in [5.74, 6) is -1.05. The molecular weight excluding hydrogens is 305 g/mol. The van der Waals surface area contributed by atoms with Crippen molar-refractivity contribution in [2.45, 2.75) is 25.4 Å². The molecule has 2 atom stereocenters. The molecule has 0 fully saturated rings. The number of benzene rings is 2. The fraction of sp³-hybridized carbons (Fsp3) is 0.235. The van der Waals surface area contributed by atoms with Crippen molar-refractivity contribution < 1.29 is 51.1 Å². The zero-order valence-electron chi connectivity index (χ0n) is 14.2. The van der Waals surface area contributed by atoms with Crippen LogP contribution in [0.15, 0.2) is 48.5 Å². The van der Waals surface area contributed by atoms with Crippen molar-refractivity contribution >= 4 is 5.97 Å². The van der Waals surface area contributed by atoms with Gasteiger partial charge in [-0.25, -0.2) is 0 Å². The van der Waals surface area contributed by atoms with Gasteiger partial charge in [0.15, 0.2) is 0 Å². The summed E-state index contributed by atoms with van der Waals surface area (Å²) in [6, 6.07) is 12.5. The molecule has 118 valence electrons. The number of rotatable bonds is 6. The molecule has 0 aliphatic heterocycles. The number of phenols is 2. The van der Waals surface area contributed by atoms with Gasteiger partial charge in [-0.2, -0.15) is 0 Å². The molecule has 23 heavy (non-hydrogen) atoms. The van der Waals surface area contributed by atoms with Gasteiger partial charge in [0.25, 0.3) is 0 Å². The molecule has 0 aliphatic rings. The average molecular weight is 325 g/mol. The maximum absolute atomic E-state index is 11.4. The zero-order valence-corrected chi connectivity index (χ0v) is 15.2. The van der Waals surface area contributed by atoms with E-state index in [9.17, 15) is 20.1 Å². The van der Waals surface area contributed by atoms with E-state index in [4.69, 9.17) is 0 Å². The molecule has 6 heteroatoms. The van der Waals surface area contributed by atoms with E-state index in [1.54, 1.807) is 13.0 Å². The summed E-state index contributed by atoms with van der Waals surface area (Å²) in [6.45, 7) is 1.77. The smallest absolute Gasteiger partial charge is 1.00 e. The molecule has 0 saturated carbocycles. The second-order valence-corrected chi connectivity index (χ2v) is 5.21. The summed E-state index contributed by atoms with van der Waals surface area (Å²) in [7, 11) is 0. The van der Waals surface area contributed by atoms with E-state index in [1.165, 1.54) is 12.1 Å². The largest absolute Gasteiger partial charge is 1.00 e. The predicted octanol–water partition coefficient (Wildman–Crippen LogP) is -0.439. The molecule has 0 radical (unpaired) electrons. The summed E-state index contributed by atoms with van der Waals surface area (Å²) >= 11 is 0. The molecule has 2 aromatic rings. The maximum atomic E-state index is 11.4. The van der Waals surface area contributed by atoms with Crippen LogP contribution in [0.2, 0.25) is 0 Å². The zero-order chi connectivity index (χ0) is 16.1. The summed E-state index contributed by atoms with van der Waals surface area (Å²) in [5, 5.41) is 31.5. The number of carboxylic acid groups (broad SMARTS) is 1. The van der Waals surface area contributed by atoms with Gasteiger partial charge < -0.3 is 16.7 Å². The molecule has 0 heterocycles. The van der Waals surface area contributed by atoms with Crippen molar-refractivity contribution in [1.82, 2.24) is 5.32 Å². The Morgan fingerprint density at radius 3 is 2.39 bits per heavy atom. The van der Waals surface area contributed by atoms with Gasteiger partial charge in [0.1, 0.15) is 17.5 Å². The second kappa shape index (κ2) is 8.93. The van der Waals surface area contributed by atoms with E-state index in [1.807, 2.05) is 30.3 Å². The van der Waals surface area contributed by atoms with Crippen LogP contribution >= 0.6 is 0 Å². The summed E-state index contributed by atoms with van der Waals surface area (Å²) < 4.78 is 0. The average Bonchev–Trinajstić information content (AvgIpc) is 2.47. The molecule has 0 aliphatic carbocycles. The molecule has 5 nitrogen and oxygen atoms in total. The van der Waals surface area contributed by atoms with Crippen molar-refractivity contribution in [3.63, 3.8) is 0 Å². The van der Waals surface area contributed by atoms with Crippen LogP contribution in [0.1, 0.15) is 25.5 Å². The Morgan fingerprint density at radius 1 is 1.17 bits per heavy atom. The van der Waals surface area contributed by atoms with E-state index in [0.717, 1.165) is 5.56 Å². The molecular formula is C17H20NNaO4. The minimum atomic E-state index is -0.950. The molecule has 4 N–H and O–H groups in total. The van der Waals surface area contributed by atoms with Crippen molar-refractivity contribution in [1.29, 1.82) is 0 Å². The van der Waals surface area contributed by atoms with E-state index >= 15 is 0 Å². The van der Waals surface area contributed by atoms with Gasteiger partial charge >= 0.3 is 35.5 Å². The number of phenolic OH excluding ortho intramolecular Hbond substituents is 2. The summed E-state index contributed by atoms with van der Waals surface area (Å²) in [6.07, 6.45) is 0.347. The van der Waals surface area contributed by atoms with Crippen LogP contribution in [-0.4, -0.2) is 27.3 Å². The van der Waals surface area contributed by atoms with Crippen LogP contribution in [0, 0.1) is 0 Å². The van der Waals surface area contributed by atoms with Gasteiger partial charge in [0.05, 0.1) is 0 Å². The van der Waals surface area contributed by atoms with Crippen molar-refractivity contribution in [2.24, 2.45) is 0 Å². The molecule has 2 rings (SSSR count). The van der Waals surface area contributed by atoms with Gasteiger partial charge in [-0.3, -0.25) is 10.1 Å². The Morgan fingerprint density at radius 2 is 1.83 bits per heavy atom. The Hall–Kier alpha value is -1.53. The molecule has 0 aromatic heterocycles. The van der Waals surface area contributed by atoms with Crippen LogP contribution in [0.5, 0.6) is 11.5 Å². The van der Waals surface area contributed by atoms with Gasteiger partial charge in [-0.05, 0) is 25.0 Å². The number of nitrogens with one attached hydrogen (secondary N) is 1. The van der Waals surface area contributed by atoms with Crippen molar-refractivity contribution in [2.75, 3.05) is 0 Å². The van der Waals surface area contributed by atoms with E-state index in [0.29, 0.717) is 12.0 Å². The number of aromatic hydroxyl groups is 2. The van der Waals surface area contributed by atoms with Gasteiger partial charge in [-0.15, -0.1) is 0 Å². The molecule has 0 spiro atoms.